The standard InChI is InChI=1S/C23H32N6O2S/c24-22(31)19-10-7-13-28(15-19)21(30)17-32-23-26-25-20(16-27-11-5-2-6-12-27)29(23)14-18-8-3-1-4-9-18/h1,3-4,8-9,19H,2,5-7,10-17H2,(H2,24,31). The first-order valence-corrected chi connectivity index (χ1v) is 12.5. The third-order valence-electron chi connectivity index (χ3n) is 6.29. The van der Waals surface area contributed by atoms with Gasteiger partial charge in [-0.1, -0.05) is 48.5 Å². The average molecular weight is 457 g/mol. The SMILES string of the molecule is NC(=O)C1CCCN(C(=O)CSc2nnc(CN3CCCCC3)n2Cc2ccccc2)C1. The van der Waals surface area contributed by atoms with Crippen LogP contribution in [0.25, 0.3) is 0 Å². The van der Waals surface area contributed by atoms with Gasteiger partial charge in [0.05, 0.1) is 24.8 Å². The van der Waals surface area contributed by atoms with E-state index < -0.39 is 0 Å². The van der Waals surface area contributed by atoms with E-state index >= 15 is 0 Å². The molecule has 1 aromatic heterocycles. The van der Waals surface area contributed by atoms with Crippen molar-refractivity contribution in [2.45, 2.75) is 50.4 Å². The number of primary amides is 1. The fourth-order valence-corrected chi connectivity index (χ4v) is 5.30. The molecule has 2 aliphatic heterocycles. The van der Waals surface area contributed by atoms with Crippen LogP contribution in [0.5, 0.6) is 0 Å². The molecule has 2 fully saturated rings. The average Bonchev–Trinajstić information content (AvgIpc) is 3.19. The van der Waals surface area contributed by atoms with E-state index in [-0.39, 0.29) is 23.5 Å². The molecule has 0 radical (unpaired) electrons. The number of carbonyl (C=O) groups excluding carboxylic acids is 2. The molecule has 1 atom stereocenters. The zero-order valence-corrected chi connectivity index (χ0v) is 19.3. The lowest BCUT2D eigenvalue weighted by Gasteiger charge is -2.31. The first kappa shape index (κ1) is 22.8. The summed E-state index contributed by atoms with van der Waals surface area (Å²) >= 11 is 1.42. The lowest BCUT2D eigenvalue weighted by molar-refractivity contribution is -0.132. The molecule has 0 aliphatic carbocycles. The Balaban J connectivity index is 1.44. The number of benzene rings is 1. The fourth-order valence-electron chi connectivity index (χ4n) is 4.44. The second-order valence-electron chi connectivity index (χ2n) is 8.68. The highest BCUT2D eigenvalue weighted by molar-refractivity contribution is 7.99. The van der Waals surface area contributed by atoms with Crippen molar-refractivity contribution in [1.82, 2.24) is 24.6 Å². The maximum Gasteiger partial charge on any atom is 0.233 e. The minimum absolute atomic E-state index is 0.0211. The lowest BCUT2D eigenvalue weighted by Crippen LogP contribution is -2.44. The molecule has 9 heteroatoms. The van der Waals surface area contributed by atoms with Gasteiger partial charge in [-0.25, -0.2) is 0 Å². The van der Waals surface area contributed by atoms with Crippen LogP contribution in [0.2, 0.25) is 0 Å². The first-order valence-electron chi connectivity index (χ1n) is 11.5. The Kier molecular flexibility index (Phi) is 7.81. The third kappa shape index (κ3) is 5.89. The number of piperidine rings is 2. The Bertz CT molecular complexity index is 912. The van der Waals surface area contributed by atoms with Gasteiger partial charge in [-0.15, -0.1) is 10.2 Å². The predicted octanol–water partition coefficient (Wildman–Crippen LogP) is 2.13. The zero-order valence-electron chi connectivity index (χ0n) is 18.5. The summed E-state index contributed by atoms with van der Waals surface area (Å²) in [5, 5.41) is 9.70. The van der Waals surface area contributed by atoms with E-state index in [1.54, 1.807) is 4.90 Å². The van der Waals surface area contributed by atoms with Crippen LogP contribution in [0.1, 0.15) is 43.5 Å². The van der Waals surface area contributed by atoms with Crippen LogP contribution in [-0.2, 0) is 22.7 Å². The molecule has 2 N–H and O–H groups in total. The molecule has 1 unspecified atom stereocenters. The van der Waals surface area contributed by atoms with Gasteiger partial charge in [0.25, 0.3) is 0 Å². The molecule has 4 rings (SSSR count). The van der Waals surface area contributed by atoms with Crippen molar-refractivity contribution in [3.05, 3.63) is 41.7 Å². The van der Waals surface area contributed by atoms with Gasteiger partial charge in [-0.05, 0) is 44.3 Å². The molecule has 0 bridgehead atoms. The number of rotatable bonds is 8. The highest BCUT2D eigenvalue weighted by Crippen LogP contribution is 2.23. The summed E-state index contributed by atoms with van der Waals surface area (Å²) in [5.74, 6) is 0.684. The van der Waals surface area contributed by atoms with Crippen molar-refractivity contribution < 1.29 is 9.59 Å². The molecule has 8 nitrogen and oxygen atoms in total. The topological polar surface area (TPSA) is 97.3 Å². The van der Waals surface area contributed by atoms with E-state index in [1.165, 1.54) is 36.6 Å². The molecule has 2 aliphatic rings. The second kappa shape index (κ2) is 11.0. The lowest BCUT2D eigenvalue weighted by atomic mass is 9.97. The van der Waals surface area contributed by atoms with Crippen molar-refractivity contribution >= 4 is 23.6 Å². The molecule has 2 aromatic rings. The number of amides is 2. The van der Waals surface area contributed by atoms with E-state index in [1.807, 2.05) is 18.2 Å². The van der Waals surface area contributed by atoms with Crippen LogP contribution in [-0.4, -0.2) is 68.3 Å². The molecule has 2 amide bonds. The van der Waals surface area contributed by atoms with Gasteiger partial charge in [0.2, 0.25) is 11.8 Å². The van der Waals surface area contributed by atoms with E-state index in [0.29, 0.717) is 19.6 Å². The van der Waals surface area contributed by atoms with Crippen molar-refractivity contribution in [3.8, 4) is 0 Å². The molecule has 3 heterocycles. The number of aromatic nitrogens is 3. The summed E-state index contributed by atoms with van der Waals surface area (Å²) in [6.07, 6.45) is 5.32. The van der Waals surface area contributed by atoms with E-state index in [9.17, 15) is 9.59 Å². The highest BCUT2D eigenvalue weighted by Gasteiger charge is 2.27. The largest absolute Gasteiger partial charge is 0.369 e. The van der Waals surface area contributed by atoms with Gasteiger partial charge in [-0.2, -0.15) is 0 Å². The molecule has 32 heavy (non-hydrogen) atoms. The number of hydrogen-bond donors (Lipinski definition) is 1. The first-order chi connectivity index (χ1) is 15.6. The molecule has 1 aromatic carbocycles. The number of nitrogens with zero attached hydrogens (tertiary/aromatic N) is 5. The van der Waals surface area contributed by atoms with Gasteiger partial charge in [0, 0.05) is 13.1 Å². The van der Waals surface area contributed by atoms with Gasteiger partial charge in [-0.3, -0.25) is 14.5 Å². The number of nitrogens with two attached hydrogens (primary N) is 1. The third-order valence-corrected chi connectivity index (χ3v) is 7.24. The maximum absolute atomic E-state index is 12.8. The molecular weight excluding hydrogens is 424 g/mol. The molecule has 2 saturated heterocycles. The fraction of sp³-hybridized carbons (Fsp3) is 0.565. The molecule has 172 valence electrons. The molecule has 0 saturated carbocycles. The molecular formula is C23H32N6O2S. The Morgan fingerprint density at radius 2 is 1.78 bits per heavy atom. The number of carbonyl (C=O) groups is 2. The van der Waals surface area contributed by atoms with Gasteiger partial charge in [0.15, 0.2) is 5.16 Å². The predicted molar refractivity (Wildman–Crippen MR) is 124 cm³/mol. The Hall–Kier alpha value is -2.39. The van der Waals surface area contributed by atoms with Gasteiger partial charge < -0.3 is 15.2 Å². The normalized spacial score (nSPS) is 19.8. The summed E-state index contributed by atoms with van der Waals surface area (Å²) in [6, 6.07) is 10.3. The van der Waals surface area contributed by atoms with Crippen molar-refractivity contribution in [2.75, 3.05) is 31.9 Å². The van der Waals surface area contributed by atoms with E-state index in [0.717, 1.165) is 43.5 Å². The van der Waals surface area contributed by atoms with Crippen LogP contribution in [0.4, 0.5) is 0 Å². The summed E-state index contributed by atoms with van der Waals surface area (Å²) in [6.45, 7) is 4.75. The van der Waals surface area contributed by atoms with Gasteiger partial charge in [0.1, 0.15) is 5.82 Å². The van der Waals surface area contributed by atoms with Crippen LogP contribution < -0.4 is 5.73 Å². The summed E-state index contributed by atoms with van der Waals surface area (Å²) in [7, 11) is 0. The quantitative estimate of drug-likeness (QED) is 0.611. The molecule has 0 spiro atoms. The second-order valence-corrected chi connectivity index (χ2v) is 9.62. The van der Waals surface area contributed by atoms with Crippen molar-refractivity contribution in [3.63, 3.8) is 0 Å². The van der Waals surface area contributed by atoms with Crippen molar-refractivity contribution in [2.24, 2.45) is 11.7 Å². The number of likely N-dealkylation sites (tertiary alicyclic amines) is 2. The van der Waals surface area contributed by atoms with Crippen molar-refractivity contribution in [1.29, 1.82) is 0 Å². The summed E-state index contributed by atoms with van der Waals surface area (Å²) < 4.78 is 2.14. The van der Waals surface area contributed by atoms with Gasteiger partial charge >= 0.3 is 0 Å². The van der Waals surface area contributed by atoms with Crippen LogP contribution in [0.15, 0.2) is 35.5 Å². The Morgan fingerprint density at radius 3 is 2.53 bits per heavy atom. The van der Waals surface area contributed by atoms with Crippen LogP contribution >= 0.6 is 11.8 Å². The van der Waals surface area contributed by atoms with Crippen LogP contribution in [0, 0.1) is 5.92 Å². The van der Waals surface area contributed by atoms with Crippen LogP contribution in [0.3, 0.4) is 0 Å². The number of thioether (sulfide) groups is 1. The van der Waals surface area contributed by atoms with E-state index in [4.69, 9.17) is 5.73 Å². The highest BCUT2D eigenvalue weighted by atomic mass is 32.2. The Labute approximate surface area is 193 Å². The minimum atomic E-state index is -0.319. The number of hydrogen-bond acceptors (Lipinski definition) is 6. The Morgan fingerprint density at radius 1 is 1.00 bits per heavy atom. The monoisotopic (exact) mass is 456 g/mol. The summed E-state index contributed by atoms with van der Waals surface area (Å²) in [5.41, 5.74) is 6.64. The van der Waals surface area contributed by atoms with E-state index in [2.05, 4.69) is 31.8 Å². The minimum Gasteiger partial charge on any atom is -0.369 e. The smallest absolute Gasteiger partial charge is 0.233 e. The zero-order chi connectivity index (χ0) is 22.3. The maximum atomic E-state index is 12.8. The summed E-state index contributed by atoms with van der Waals surface area (Å²) in [4.78, 5) is 28.6.